The maximum Gasteiger partial charge on any atom is 0.254 e. The van der Waals surface area contributed by atoms with Crippen molar-refractivity contribution in [3.8, 4) is 5.75 Å². The fourth-order valence-electron chi connectivity index (χ4n) is 5.89. The number of para-hydroxylation sites is 1. The minimum Gasteiger partial charge on any atom is -0.489 e. The van der Waals surface area contributed by atoms with E-state index in [9.17, 15) is 4.79 Å². The molecule has 1 saturated heterocycles. The lowest BCUT2D eigenvalue weighted by atomic mass is 9.83. The molecule has 1 amide bonds. The van der Waals surface area contributed by atoms with E-state index >= 15 is 0 Å². The Balaban J connectivity index is 1.36. The second-order valence-corrected chi connectivity index (χ2v) is 10.9. The first-order chi connectivity index (χ1) is 19.0. The van der Waals surface area contributed by atoms with Crippen LogP contribution in [0.3, 0.4) is 0 Å². The molecule has 0 spiro atoms. The third-order valence-corrected chi connectivity index (χ3v) is 8.29. The predicted octanol–water partition coefficient (Wildman–Crippen LogP) is 7.50. The van der Waals surface area contributed by atoms with Crippen LogP contribution in [0.1, 0.15) is 63.1 Å². The molecular formula is C35H40N2O2. The van der Waals surface area contributed by atoms with E-state index in [1.165, 1.54) is 16.3 Å². The summed E-state index contributed by atoms with van der Waals surface area (Å²) in [4.78, 5) is 15.4. The van der Waals surface area contributed by atoms with Crippen LogP contribution in [0.4, 0.5) is 0 Å². The molecule has 2 aliphatic rings. The number of likely N-dealkylation sites (tertiary alicyclic amines) is 1. The standard InChI is InChI=1S/C35H40N2O2/c1-5-24(2)33(35(38)37-19-10-11-20-37)21-25(3)32-22-28(39-34-18-9-8-16-31(32)34)23-36-26(4)29-17-12-14-27-13-6-7-15-30(27)29/h5-9,12-18,21,26,28,32,36H,3,10-11,19-20,22-23H2,1-2,4H3/b24-5-,33-21+/t26-,28-,32+/m1/s1. The molecule has 0 unspecified atom stereocenters. The van der Waals surface area contributed by atoms with Crippen LogP contribution in [0.25, 0.3) is 10.8 Å². The Hall–Kier alpha value is -3.63. The predicted molar refractivity (Wildman–Crippen MR) is 161 cm³/mol. The first-order valence-electron chi connectivity index (χ1n) is 14.3. The van der Waals surface area contributed by atoms with E-state index in [1.807, 2.05) is 43.0 Å². The first kappa shape index (κ1) is 27.0. The van der Waals surface area contributed by atoms with Crippen LogP contribution in [-0.2, 0) is 4.79 Å². The van der Waals surface area contributed by atoms with Gasteiger partial charge in [0.25, 0.3) is 5.91 Å². The Morgan fingerprint density at radius 2 is 1.79 bits per heavy atom. The van der Waals surface area contributed by atoms with Gasteiger partial charge >= 0.3 is 0 Å². The van der Waals surface area contributed by atoms with E-state index in [2.05, 4.69) is 73.4 Å². The van der Waals surface area contributed by atoms with Crippen molar-refractivity contribution in [1.29, 1.82) is 0 Å². The Labute approximate surface area is 233 Å². The Bertz CT molecular complexity index is 1410. The van der Waals surface area contributed by atoms with Crippen molar-refractivity contribution >= 4 is 16.7 Å². The molecule has 4 heteroatoms. The minimum atomic E-state index is -0.00646. The fourth-order valence-corrected chi connectivity index (χ4v) is 5.89. The molecular weight excluding hydrogens is 480 g/mol. The minimum absolute atomic E-state index is 0.00646. The molecule has 2 heterocycles. The maximum atomic E-state index is 13.4. The van der Waals surface area contributed by atoms with Gasteiger partial charge in [-0.3, -0.25) is 4.79 Å². The first-order valence-corrected chi connectivity index (χ1v) is 14.3. The number of fused-ring (bicyclic) bond motifs is 2. The molecule has 0 aromatic heterocycles. The Kier molecular flexibility index (Phi) is 8.33. The zero-order chi connectivity index (χ0) is 27.4. The largest absolute Gasteiger partial charge is 0.489 e. The van der Waals surface area contributed by atoms with Gasteiger partial charge in [0.05, 0.1) is 0 Å². The number of carbonyl (C=O) groups is 1. The number of nitrogens with one attached hydrogen (secondary N) is 1. The van der Waals surface area contributed by atoms with E-state index in [4.69, 9.17) is 4.74 Å². The third kappa shape index (κ3) is 5.86. The van der Waals surface area contributed by atoms with Crippen molar-refractivity contribution < 1.29 is 9.53 Å². The average Bonchev–Trinajstić information content (AvgIpc) is 3.52. The van der Waals surface area contributed by atoms with Crippen LogP contribution in [0.2, 0.25) is 0 Å². The summed E-state index contributed by atoms with van der Waals surface area (Å²) in [6.07, 6.45) is 7.01. The summed E-state index contributed by atoms with van der Waals surface area (Å²) in [6.45, 7) is 13.1. The normalized spacial score (nSPS) is 20.4. The highest BCUT2D eigenvalue weighted by atomic mass is 16.5. The van der Waals surface area contributed by atoms with Crippen LogP contribution in [0.5, 0.6) is 5.75 Å². The van der Waals surface area contributed by atoms with E-state index in [1.54, 1.807) is 0 Å². The van der Waals surface area contributed by atoms with Gasteiger partial charge in [0.15, 0.2) is 0 Å². The van der Waals surface area contributed by atoms with Gasteiger partial charge in [-0.05, 0) is 79.7 Å². The summed E-state index contributed by atoms with van der Waals surface area (Å²) >= 11 is 0. The highest BCUT2D eigenvalue weighted by molar-refractivity contribution is 5.98. The van der Waals surface area contributed by atoms with Crippen molar-refractivity contribution in [2.45, 2.75) is 58.1 Å². The smallest absolute Gasteiger partial charge is 0.254 e. The summed E-state index contributed by atoms with van der Waals surface area (Å²) in [7, 11) is 0. The van der Waals surface area contributed by atoms with Crippen molar-refractivity contribution in [3.63, 3.8) is 0 Å². The van der Waals surface area contributed by atoms with Crippen LogP contribution < -0.4 is 10.1 Å². The SMILES string of the molecule is C=C(/C=C(C(=O)N1CCCC1)\C(C)=C/C)[C@@H]1C[C@H](CN[C@H](C)c2cccc3ccccc23)Oc2ccccc21. The van der Waals surface area contributed by atoms with Gasteiger partial charge < -0.3 is 15.0 Å². The number of rotatable bonds is 8. The molecule has 39 heavy (non-hydrogen) atoms. The van der Waals surface area contributed by atoms with Crippen molar-refractivity contribution in [3.05, 3.63) is 113 Å². The van der Waals surface area contributed by atoms with Gasteiger partial charge in [0.2, 0.25) is 0 Å². The lowest BCUT2D eigenvalue weighted by Crippen LogP contribution is -2.37. The maximum absolute atomic E-state index is 13.4. The molecule has 3 aromatic carbocycles. The van der Waals surface area contributed by atoms with Gasteiger partial charge in [-0.25, -0.2) is 0 Å². The summed E-state index contributed by atoms with van der Waals surface area (Å²) in [5.41, 5.74) is 5.15. The van der Waals surface area contributed by atoms with Crippen molar-refractivity contribution in [1.82, 2.24) is 10.2 Å². The number of allylic oxidation sites excluding steroid dienone is 3. The number of hydrogen-bond acceptors (Lipinski definition) is 3. The highest BCUT2D eigenvalue weighted by Gasteiger charge is 2.31. The lowest BCUT2D eigenvalue weighted by molar-refractivity contribution is -0.125. The number of nitrogens with zero attached hydrogens (tertiary/aromatic N) is 1. The molecule has 5 rings (SSSR count). The van der Waals surface area contributed by atoms with Gasteiger partial charge in [-0.1, -0.05) is 73.3 Å². The number of hydrogen-bond donors (Lipinski definition) is 1. The second-order valence-electron chi connectivity index (χ2n) is 10.9. The summed E-state index contributed by atoms with van der Waals surface area (Å²) in [6, 6.07) is 23.5. The lowest BCUT2D eigenvalue weighted by Gasteiger charge is -2.34. The fraction of sp³-hybridized carbons (Fsp3) is 0.343. The van der Waals surface area contributed by atoms with E-state index in [0.717, 1.165) is 66.9 Å². The molecule has 202 valence electrons. The molecule has 0 radical (unpaired) electrons. The number of ether oxygens (including phenoxy) is 1. The van der Waals surface area contributed by atoms with Crippen LogP contribution in [0.15, 0.2) is 102 Å². The van der Waals surface area contributed by atoms with Gasteiger partial charge in [-0.15, -0.1) is 0 Å². The molecule has 0 saturated carbocycles. The quantitative estimate of drug-likeness (QED) is 0.247. The number of amides is 1. The highest BCUT2D eigenvalue weighted by Crippen LogP contribution is 2.41. The molecule has 0 aliphatic carbocycles. The topological polar surface area (TPSA) is 41.6 Å². The average molecular weight is 521 g/mol. The van der Waals surface area contributed by atoms with E-state index < -0.39 is 0 Å². The van der Waals surface area contributed by atoms with Crippen molar-refractivity contribution in [2.75, 3.05) is 19.6 Å². The van der Waals surface area contributed by atoms with Gasteiger partial charge in [-0.2, -0.15) is 0 Å². The zero-order valence-electron chi connectivity index (χ0n) is 23.5. The third-order valence-electron chi connectivity index (χ3n) is 8.29. The monoisotopic (exact) mass is 520 g/mol. The van der Waals surface area contributed by atoms with Crippen molar-refractivity contribution in [2.24, 2.45) is 0 Å². The van der Waals surface area contributed by atoms with Gasteiger partial charge in [0.1, 0.15) is 11.9 Å². The molecule has 0 bridgehead atoms. The molecule has 3 aromatic rings. The molecule has 4 nitrogen and oxygen atoms in total. The van der Waals surface area contributed by atoms with E-state index in [0.29, 0.717) is 0 Å². The zero-order valence-corrected chi connectivity index (χ0v) is 23.5. The number of benzene rings is 3. The summed E-state index contributed by atoms with van der Waals surface area (Å²) in [5, 5.41) is 6.27. The Morgan fingerprint density at radius 3 is 2.59 bits per heavy atom. The van der Waals surface area contributed by atoms with E-state index in [-0.39, 0.29) is 24.0 Å². The molecule has 1 N–H and O–H groups in total. The molecule has 3 atom stereocenters. The van der Waals surface area contributed by atoms with Gasteiger partial charge in [0, 0.05) is 42.7 Å². The van der Waals surface area contributed by atoms with Crippen LogP contribution in [-0.4, -0.2) is 36.5 Å². The van der Waals surface area contributed by atoms with Crippen LogP contribution >= 0.6 is 0 Å². The Morgan fingerprint density at radius 1 is 1.08 bits per heavy atom. The summed E-state index contributed by atoms with van der Waals surface area (Å²) < 4.78 is 6.48. The summed E-state index contributed by atoms with van der Waals surface area (Å²) in [5.74, 6) is 1.11. The number of carbonyl (C=O) groups excluding carboxylic acids is 1. The van der Waals surface area contributed by atoms with Crippen LogP contribution in [0, 0.1) is 0 Å². The second kappa shape index (κ2) is 12.0. The molecule has 1 fully saturated rings. The molecule has 2 aliphatic heterocycles.